The Morgan fingerprint density at radius 1 is 1.56 bits per heavy atom. The van der Waals surface area contributed by atoms with Gasteiger partial charge in [-0.05, 0) is 47.2 Å². The Morgan fingerprint density at radius 3 is 2.78 bits per heavy atom. The number of carbonyl (C=O) groups is 1. The van der Waals surface area contributed by atoms with Gasteiger partial charge >= 0.3 is 0 Å². The lowest BCUT2D eigenvalue weighted by Gasteiger charge is -2.19. The zero-order valence-electron chi connectivity index (χ0n) is 11.3. The molecule has 0 bridgehead atoms. The summed E-state index contributed by atoms with van der Waals surface area (Å²) in [4.78, 5) is 14.2. The van der Waals surface area contributed by atoms with Crippen molar-refractivity contribution in [3.8, 4) is 0 Å². The third kappa shape index (κ3) is 3.16. The Morgan fingerprint density at radius 2 is 2.22 bits per heavy atom. The first kappa shape index (κ1) is 13.7. The fourth-order valence-electron chi connectivity index (χ4n) is 2.02. The fourth-order valence-corrected chi connectivity index (χ4v) is 2.46. The average Bonchev–Trinajstić information content (AvgIpc) is 3.08. The van der Waals surface area contributed by atoms with Gasteiger partial charge in [-0.25, -0.2) is 0 Å². The van der Waals surface area contributed by atoms with Gasteiger partial charge in [0, 0.05) is 30.3 Å². The highest BCUT2D eigenvalue weighted by molar-refractivity contribution is 9.10. The fraction of sp³-hybridized carbons (Fsp3) is 0.643. The maximum Gasteiger partial charge on any atom is 0.270 e. The molecule has 1 amide bonds. The molecule has 1 aromatic rings. The van der Waals surface area contributed by atoms with E-state index in [0.29, 0.717) is 12.0 Å². The van der Waals surface area contributed by atoms with Crippen LogP contribution in [0.4, 0.5) is 0 Å². The first-order valence-corrected chi connectivity index (χ1v) is 7.41. The van der Waals surface area contributed by atoms with Crippen LogP contribution in [0.1, 0.15) is 49.6 Å². The topological polar surface area (TPSA) is 25.2 Å². The number of hydrogen-bond acceptors (Lipinski definition) is 1. The minimum atomic E-state index is 0.133. The second-order valence-corrected chi connectivity index (χ2v) is 6.51. The van der Waals surface area contributed by atoms with Crippen LogP contribution in [0.3, 0.4) is 0 Å². The molecule has 1 heterocycles. The lowest BCUT2D eigenvalue weighted by Crippen LogP contribution is -2.30. The first-order valence-electron chi connectivity index (χ1n) is 6.62. The van der Waals surface area contributed by atoms with Crippen LogP contribution >= 0.6 is 15.9 Å². The Labute approximate surface area is 117 Å². The van der Waals surface area contributed by atoms with Crippen molar-refractivity contribution in [2.45, 2.75) is 39.2 Å². The molecule has 1 saturated carbocycles. The van der Waals surface area contributed by atoms with Crippen molar-refractivity contribution < 1.29 is 4.79 Å². The second kappa shape index (κ2) is 5.47. The largest absolute Gasteiger partial charge is 0.340 e. The minimum absolute atomic E-state index is 0.133. The molecular formula is C14H21BrN2O. The molecular weight excluding hydrogens is 292 g/mol. The smallest absolute Gasteiger partial charge is 0.270 e. The summed E-state index contributed by atoms with van der Waals surface area (Å²) in [5, 5.41) is 0. The molecule has 18 heavy (non-hydrogen) atoms. The molecule has 1 fully saturated rings. The average molecular weight is 313 g/mol. The van der Waals surface area contributed by atoms with Gasteiger partial charge in [0.2, 0.25) is 0 Å². The normalized spacial score (nSPS) is 15.2. The van der Waals surface area contributed by atoms with Crippen LogP contribution in [0.25, 0.3) is 0 Å². The summed E-state index contributed by atoms with van der Waals surface area (Å²) >= 11 is 3.47. The summed E-state index contributed by atoms with van der Waals surface area (Å²) in [6.07, 6.45) is 5.46. The number of nitrogens with zero attached hydrogens (tertiary/aromatic N) is 2. The van der Waals surface area contributed by atoms with E-state index in [4.69, 9.17) is 0 Å². The van der Waals surface area contributed by atoms with E-state index >= 15 is 0 Å². The van der Waals surface area contributed by atoms with Crippen molar-refractivity contribution in [2.75, 3.05) is 13.6 Å². The van der Waals surface area contributed by atoms with Gasteiger partial charge in [-0.1, -0.05) is 13.8 Å². The monoisotopic (exact) mass is 312 g/mol. The molecule has 0 spiro atoms. The molecule has 0 N–H and O–H groups in total. The first-order chi connectivity index (χ1) is 8.49. The summed E-state index contributed by atoms with van der Waals surface area (Å²) < 4.78 is 3.12. The number of amides is 1. The van der Waals surface area contributed by atoms with E-state index in [-0.39, 0.29) is 5.91 Å². The van der Waals surface area contributed by atoms with Crippen LogP contribution in [0.15, 0.2) is 16.7 Å². The van der Waals surface area contributed by atoms with E-state index < -0.39 is 0 Å². The second-order valence-electron chi connectivity index (χ2n) is 5.59. The van der Waals surface area contributed by atoms with E-state index in [9.17, 15) is 4.79 Å². The molecule has 0 aromatic carbocycles. The summed E-state index contributed by atoms with van der Waals surface area (Å²) in [5.74, 6) is 0.760. The Bertz CT molecular complexity index is 435. The van der Waals surface area contributed by atoms with Crippen molar-refractivity contribution in [3.05, 3.63) is 22.4 Å². The zero-order chi connectivity index (χ0) is 13.3. The Hall–Kier alpha value is -0.770. The van der Waals surface area contributed by atoms with E-state index in [0.717, 1.165) is 23.1 Å². The number of halogens is 1. The Kier molecular flexibility index (Phi) is 4.15. The maximum absolute atomic E-state index is 12.4. The number of hydrogen-bond donors (Lipinski definition) is 0. The lowest BCUT2D eigenvalue weighted by molar-refractivity contribution is 0.0778. The quantitative estimate of drug-likeness (QED) is 0.813. The van der Waals surface area contributed by atoms with Gasteiger partial charge in [0.1, 0.15) is 5.69 Å². The van der Waals surface area contributed by atoms with Crippen LogP contribution in [-0.2, 0) is 0 Å². The van der Waals surface area contributed by atoms with Gasteiger partial charge < -0.3 is 9.47 Å². The predicted molar refractivity (Wildman–Crippen MR) is 76.8 cm³/mol. The molecule has 3 nitrogen and oxygen atoms in total. The molecule has 1 aliphatic rings. The summed E-state index contributed by atoms with van der Waals surface area (Å²) in [5.41, 5.74) is 0.815. The molecule has 0 saturated heterocycles. The molecule has 0 atom stereocenters. The molecule has 100 valence electrons. The maximum atomic E-state index is 12.4. The van der Waals surface area contributed by atoms with Crippen LogP contribution in [-0.4, -0.2) is 29.0 Å². The van der Waals surface area contributed by atoms with Crippen molar-refractivity contribution in [2.24, 2.45) is 5.92 Å². The highest BCUT2D eigenvalue weighted by Gasteiger charge is 2.28. The van der Waals surface area contributed by atoms with E-state index in [2.05, 4.69) is 34.3 Å². The Balaban J connectivity index is 2.07. The molecule has 0 aliphatic heterocycles. The third-order valence-corrected chi connectivity index (χ3v) is 3.80. The standard InChI is InChI=1S/C14H21BrN2O/c1-10(2)6-7-16(3)14(18)13-8-11(15)9-17(13)12-4-5-12/h8-10,12H,4-7H2,1-3H3. The van der Waals surface area contributed by atoms with Crippen molar-refractivity contribution >= 4 is 21.8 Å². The predicted octanol–water partition coefficient (Wildman–Crippen LogP) is 3.70. The van der Waals surface area contributed by atoms with Crippen molar-refractivity contribution in [1.82, 2.24) is 9.47 Å². The molecule has 4 heteroatoms. The lowest BCUT2D eigenvalue weighted by atomic mass is 10.1. The molecule has 1 aliphatic carbocycles. The van der Waals surface area contributed by atoms with Gasteiger partial charge in [0.05, 0.1) is 0 Å². The van der Waals surface area contributed by atoms with E-state index in [1.807, 2.05) is 24.2 Å². The zero-order valence-corrected chi connectivity index (χ0v) is 12.9. The minimum Gasteiger partial charge on any atom is -0.340 e. The van der Waals surface area contributed by atoms with Gasteiger partial charge in [-0.3, -0.25) is 4.79 Å². The van der Waals surface area contributed by atoms with E-state index in [1.165, 1.54) is 12.8 Å². The summed E-state index contributed by atoms with van der Waals surface area (Å²) in [6, 6.07) is 2.47. The molecule has 0 radical (unpaired) electrons. The number of rotatable bonds is 5. The molecule has 1 aromatic heterocycles. The third-order valence-electron chi connectivity index (χ3n) is 3.36. The highest BCUT2D eigenvalue weighted by Crippen LogP contribution is 2.37. The highest BCUT2D eigenvalue weighted by atomic mass is 79.9. The van der Waals surface area contributed by atoms with Gasteiger partial charge in [-0.2, -0.15) is 0 Å². The molecule has 0 unspecified atom stereocenters. The van der Waals surface area contributed by atoms with Crippen LogP contribution in [0.2, 0.25) is 0 Å². The summed E-state index contributed by atoms with van der Waals surface area (Å²) in [6.45, 7) is 5.19. The van der Waals surface area contributed by atoms with Crippen molar-refractivity contribution in [1.29, 1.82) is 0 Å². The van der Waals surface area contributed by atoms with Gasteiger partial charge in [0.25, 0.3) is 5.91 Å². The van der Waals surface area contributed by atoms with Crippen LogP contribution < -0.4 is 0 Å². The van der Waals surface area contributed by atoms with Crippen molar-refractivity contribution in [3.63, 3.8) is 0 Å². The van der Waals surface area contributed by atoms with Crippen LogP contribution in [0, 0.1) is 5.92 Å². The number of aromatic nitrogens is 1. The molecule has 2 rings (SSSR count). The SMILES string of the molecule is CC(C)CCN(C)C(=O)c1cc(Br)cn1C1CC1. The van der Waals surface area contributed by atoms with Gasteiger partial charge in [0.15, 0.2) is 0 Å². The van der Waals surface area contributed by atoms with E-state index in [1.54, 1.807) is 0 Å². The summed E-state index contributed by atoms with van der Waals surface area (Å²) in [7, 11) is 1.89. The van der Waals surface area contributed by atoms with Crippen LogP contribution in [0.5, 0.6) is 0 Å². The number of carbonyl (C=O) groups excluding carboxylic acids is 1. The van der Waals surface area contributed by atoms with Gasteiger partial charge in [-0.15, -0.1) is 0 Å².